The second-order valence-electron chi connectivity index (χ2n) is 19.2. The van der Waals surface area contributed by atoms with Gasteiger partial charge in [0.1, 0.15) is 23.4 Å². The lowest BCUT2D eigenvalue weighted by Gasteiger charge is -2.42. The Morgan fingerprint density at radius 2 is 1.05 bits per heavy atom. The number of rotatable bonds is 16. The highest BCUT2D eigenvalue weighted by atomic mass is 16.1. The molecule has 0 spiro atoms. The number of anilines is 4. The molecule has 0 fully saturated rings. The van der Waals surface area contributed by atoms with Gasteiger partial charge in [-0.1, -0.05) is 50.2 Å². The number of hydrogen-bond donors (Lipinski definition) is 4. The molecular weight excluding hydrogens is 925 g/mol. The summed E-state index contributed by atoms with van der Waals surface area (Å²) in [6, 6.07) is 24.3. The first kappa shape index (κ1) is 46.3. The third-order valence-electron chi connectivity index (χ3n) is 14.7. The zero-order valence-electron chi connectivity index (χ0n) is 42.0. The van der Waals surface area contributed by atoms with E-state index in [1.807, 2.05) is 85.2 Å². The van der Waals surface area contributed by atoms with Gasteiger partial charge in [-0.2, -0.15) is 10.2 Å². The largest absolute Gasteiger partial charge is 0.359 e. The van der Waals surface area contributed by atoms with Crippen LogP contribution in [0.25, 0.3) is 66.8 Å². The molecule has 0 saturated carbocycles. The number of aromatic amines is 2. The maximum atomic E-state index is 16.2. The van der Waals surface area contributed by atoms with E-state index in [-0.39, 0.29) is 5.78 Å². The quantitative estimate of drug-likeness (QED) is 0.0717. The van der Waals surface area contributed by atoms with Gasteiger partial charge in [0, 0.05) is 131 Å². The van der Waals surface area contributed by atoms with E-state index in [1.165, 1.54) is 11.1 Å². The van der Waals surface area contributed by atoms with Gasteiger partial charge in [-0.25, -0.2) is 29.9 Å². The first-order chi connectivity index (χ1) is 36.3. The Labute approximate surface area is 428 Å². The number of hydrogen-bond acceptors (Lipinski definition) is 13. The Morgan fingerprint density at radius 3 is 1.50 bits per heavy atom. The fourth-order valence-electron chi connectivity index (χ4n) is 10.9. The van der Waals surface area contributed by atoms with Crippen LogP contribution in [0.4, 0.5) is 23.3 Å². The fourth-order valence-corrected chi connectivity index (χ4v) is 10.9. The molecule has 0 aliphatic carbocycles. The number of pyridine rings is 2. The minimum Gasteiger partial charge on any atom is -0.359 e. The summed E-state index contributed by atoms with van der Waals surface area (Å²) in [5, 5.41) is 18.1. The van der Waals surface area contributed by atoms with Crippen molar-refractivity contribution in [2.24, 2.45) is 0 Å². The smallest absolute Gasteiger partial charge is 0.223 e. The zero-order valence-corrected chi connectivity index (χ0v) is 42.0. The molecule has 10 heterocycles. The van der Waals surface area contributed by atoms with Gasteiger partial charge in [0.2, 0.25) is 11.9 Å². The lowest BCUT2D eigenvalue weighted by molar-refractivity contribution is -0.122. The van der Waals surface area contributed by atoms with Crippen molar-refractivity contribution in [3.05, 3.63) is 145 Å². The van der Waals surface area contributed by atoms with E-state index in [0.29, 0.717) is 25.0 Å². The topological polar surface area (TPSA) is 192 Å². The Morgan fingerprint density at radius 1 is 0.595 bits per heavy atom. The van der Waals surface area contributed by atoms with Crippen molar-refractivity contribution in [1.29, 1.82) is 0 Å². The maximum Gasteiger partial charge on any atom is 0.223 e. The molecule has 17 nitrogen and oxygen atoms in total. The van der Waals surface area contributed by atoms with E-state index in [9.17, 15) is 0 Å². The summed E-state index contributed by atoms with van der Waals surface area (Å²) in [6.45, 7) is 6.35. The van der Waals surface area contributed by atoms with E-state index in [0.717, 1.165) is 141 Å². The van der Waals surface area contributed by atoms with E-state index in [1.54, 1.807) is 0 Å². The molecule has 372 valence electrons. The van der Waals surface area contributed by atoms with Crippen LogP contribution < -0.4 is 20.4 Å². The molecule has 74 heavy (non-hydrogen) atoms. The van der Waals surface area contributed by atoms with Crippen LogP contribution in [-0.2, 0) is 43.6 Å². The van der Waals surface area contributed by atoms with Crippen LogP contribution in [0.3, 0.4) is 0 Å². The van der Waals surface area contributed by atoms with Crippen molar-refractivity contribution in [2.75, 3.05) is 47.6 Å². The Kier molecular flexibility index (Phi) is 12.3. The summed E-state index contributed by atoms with van der Waals surface area (Å²) >= 11 is 0. The van der Waals surface area contributed by atoms with Crippen LogP contribution >= 0.6 is 0 Å². The average molecular weight is 983 g/mol. The molecule has 2 atom stereocenters. The number of nitrogens with zero attached hydrogens (tertiary/aromatic N) is 12. The predicted octanol–water partition coefficient (Wildman–Crippen LogP) is 9.20. The van der Waals surface area contributed by atoms with Gasteiger partial charge in [0.25, 0.3) is 0 Å². The standard InChI is InChI=1S/C57H58N16O/c1-5-41-23-47(68-56(58-3)66-41)45-29-62-54-43(45)21-37(25-60-54)39-27-64-70(31-39)33-51(72-19-11-15-35-13-7-9-17-49(35)72)53(74)52(73-20-12-16-36-14-8-10-18-50(36)73)34-71-32-40(28-65-71)38-22-44-46(30-63-55(44)61-26-38)48-24-42(6-2)67-57(59-4)69-48/h7-10,13-14,17-18,21-32,51-52H,5-6,11-12,15-16,19-20,33-34H2,1-4H3,(H,60,62)(H,61,63)(H,58,66,68)(H,59,67,69). The minimum absolute atomic E-state index is 0.113. The number of aryl methyl sites for hydroxylation is 4. The van der Waals surface area contributed by atoms with Crippen LogP contribution in [0.2, 0.25) is 0 Å². The predicted molar refractivity (Wildman–Crippen MR) is 291 cm³/mol. The SMILES string of the molecule is CCc1cc(-c2c[nH]c3ncc(-c4cnn(CC(C(=O)C(Cn5cc(-c6cnc7[nH]cc(-c8cc(CC)nc(NC)n8)c7c6)cn5)N5CCCc6ccccc65)N5CCCc6ccccc65)c4)cc23)nc(NC)n1. The number of nitrogens with one attached hydrogen (secondary N) is 4. The summed E-state index contributed by atoms with van der Waals surface area (Å²) in [4.78, 5) is 56.0. The number of Topliss-reactive ketones (excluding diaryl/α,β-unsaturated/α-hetero) is 1. The van der Waals surface area contributed by atoms with Gasteiger partial charge in [0.15, 0.2) is 5.78 Å². The van der Waals surface area contributed by atoms with Crippen LogP contribution in [-0.4, -0.2) is 104 Å². The highest BCUT2D eigenvalue weighted by molar-refractivity contribution is 5.97. The molecule has 4 N–H and O–H groups in total. The fraction of sp³-hybridized carbons (Fsp3) is 0.281. The van der Waals surface area contributed by atoms with Gasteiger partial charge in [-0.05, 0) is 86.1 Å². The molecule has 2 unspecified atom stereocenters. The van der Waals surface area contributed by atoms with Gasteiger partial charge in [0.05, 0.1) is 36.9 Å². The maximum absolute atomic E-state index is 16.2. The second kappa shape index (κ2) is 19.7. The Balaban J connectivity index is 0.896. The Hall–Kier alpha value is -8.73. The molecule has 8 aromatic heterocycles. The number of benzene rings is 2. The van der Waals surface area contributed by atoms with Crippen molar-refractivity contribution in [2.45, 2.75) is 77.5 Å². The highest BCUT2D eigenvalue weighted by Crippen LogP contribution is 2.36. The van der Waals surface area contributed by atoms with Gasteiger partial charge >= 0.3 is 0 Å². The van der Waals surface area contributed by atoms with Crippen molar-refractivity contribution in [3.8, 4) is 44.8 Å². The molecule has 10 aromatic rings. The first-order valence-electron chi connectivity index (χ1n) is 25.7. The summed E-state index contributed by atoms with van der Waals surface area (Å²) in [5.74, 6) is 1.27. The molecule has 17 heteroatoms. The molecule has 0 radical (unpaired) electrons. The van der Waals surface area contributed by atoms with Gasteiger partial charge < -0.3 is 30.4 Å². The van der Waals surface area contributed by atoms with E-state index < -0.39 is 12.1 Å². The number of ketones is 1. The third kappa shape index (κ3) is 8.77. The van der Waals surface area contributed by atoms with Crippen molar-refractivity contribution in [3.63, 3.8) is 0 Å². The highest BCUT2D eigenvalue weighted by Gasteiger charge is 2.39. The van der Waals surface area contributed by atoms with Crippen LogP contribution in [0.1, 0.15) is 49.2 Å². The molecular formula is C57H58N16O. The molecule has 2 aromatic carbocycles. The number of carbonyl (C=O) groups excluding carboxylic acids is 1. The normalized spacial score (nSPS) is 14.3. The van der Waals surface area contributed by atoms with E-state index in [4.69, 9.17) is 30.1 Å². The van der Waals surface area contributed by atoms with E-state index >= 15 is 4.79 Å². The molecule has 0 amide bonds. The third-order valence-corrected chi connectivity index (χ3v) is 14.7. The van der Waals surface area contributed by atoms with Crippen LogP contribution in [0, 0.1) is 0 Å². The summed E-state index contributed by atoms with van der Waals surface area (Å²) in [6.07, 6.45) is 20.9. The number of para-hydroxylation sites is 2. The Bertz CT molecular complexity index is 3400. The minimum atomic E-state index is -0.556. The molecule has 2 aliphatic rings. The van der Waals surface area contributed by atoms with Gasteiger partial charge in [-0.15, -0.1) is 0 Å². The molecule has 2 aliphatic heterocycles. The second-order valence-corrected chi connectivity index (χ2v) is 19.2. The number of fused-ring (bicyclic) bond motifs is 4. The lowest BCUT2D eigenvalue weighted by Crippen LogP contribution is -2.56. The van der Waals surface area contributed by atoms with Crippen LogP contribution in [0.15, 0.2) is 122 Å². The first-order valence-corrected chi connectivity index (χ1v) is 25.7. The zero-order chi connectivity index (χ0) is 50.3. The van der Waals surface area contributed by atoms with Crippen molar-refractivity contribution >= 4 is 51.1 Å². The summed E-state index contributed by atoms with van der Waals surface area (Å²) in [7, 11) is 3.66. The number of carbonyl (C=O) groups is 1. The van der Waals surface area contributed by atoms with Crippen molar-refractivity contribution < 1.29 is 4.79 Å². The molecule has 12 rings (SSSR count). The van der Waals surface area contributed by atoms with E-state index in [2.05, 4.69) is 115 Å². The molecule has 0 bridgehead atoms. The summed E-state index contributed by atoms with van der Waals surface area (Å²) in [5.41, 5.74) is 15.3. The summed E-state index contributed by atoms with van der Waals surface area (Å²) < 4.78 is 3.87. The van der Waals surface area contributed by atoms with Crippen LogP contribution in [0.5, 0.6) is 0 Å². The number of H-pyrrole nitrogens is 2. The molecule has 0 saturated heterocycles. The average Bonchev–Trinajstić information content (AvgIpc) is 4.30. The monoisotopic (exact) mass is 982 g/mol. The van der Waals surface area contributed by atoms with Gasteiger partial charge in [-0.3, -0.25) is 14.2 Å². The number of aromatic nitrogens is 12. The lowest BCUT2D eigenvalue weighted by atomic mass is 9.93. The van der Waals surface area contributed by atoms with Crippen molar-refractivity contribution in [1.82, 2.24) is 59.4 Å².